The van der Waals surface area contributed by atoms with Crippen LogP contribution >= 0.6 is 0 Å². The molecule has 3 amide bonds. The van der Waals surface area contributed by atoms with Crippen LogP contribution in [0.1, 0.15) is 31.8 Å². The van der Waals surface area contributed by atoms with Crippen molar-refractivity contribution in [2.75, 3.05) is 63.6 Å². The molecular weight excluding hydrogens is 564 g/mol. The van der Waals surface area contributed by atoms with Crippen molar-refractivity contribution in [3.8, 4) is 0 Å². The molecule has 0 saturated carbocycles. The Morgan fingerprint density at radius 3 is 2.25 bits per heavy atom. The number of nitrogens with one attached hydrogen (secondary N) is 4. The maximum atomic E-state index is 13.1. The smallest absolute Gasteiger partial charge is 0.335 e. The first-order chi connectivity index (χ1) is 21.3. The van der Waals surface area contributed by atoms with Crippen molar-refractivity contribution in [2.45, 2.75) is 0 Å². The van der Waals surface area contributed by atoms with Crippen LogP contribution in [0.15, 0.2) is 72.8 Å². The van der Waals surface area contributed by atoms with E-state index in [0.717, 1.165) is 31.7 Å². The fourth-order valence-corrected chi connectivity index (χ4v) is 5.09. The molecule has 12 nitrogen and oxygen atoms in total. The Kier molecular flexibility index (Phi) is 9.65. The molecule has 0 atom stereocenters. The molecular formula is C32H34N6O6. The quantitative estimate of drug-likeness (QED) is 0.127. The lowest BCUT2D eigenvalue weighted by Crippen LogP contribution is -2.50. The van der Waals surface area contributed by atoms with E-state index in [-0.39, 0.29) is 23.3 Å². The van der Waals surface area contributed by atoms with Gasteiger partial charge in [0, 0.05) is 56.6 Å². The number of carboxylic acids is 1. The summed E-state index contributed by atoms with van der Waals surface area (Å²) in [5.41, 5.74) is 6.31. The monoisotopic (exact) mass is 598 g/mol. The Morgan fingerprint density at radius 2 is 1.57 bits per heavy atom. The summed E-state index contributed by atoms with van der Waals surface area (Å²) in [6.45, 7) is 4.61. The number of benzene rings is 3. The van der Waals surface area contributed by atoms with Gasteiger partial charge in [-0.3, -0.25) is 29.0 Å². The molecule has 1 fully saturated rings. The predicted molar refractivity (Wildman–Crippen MR) is 166 cm³/mol. The van der Waals surface area contributed by atoms with Crippen molar-refractivity contribution in [3.63, 3.8) is 0 Å². The zero-order chi connectivity index (χ0) is 31.1. The molecule has 0 aromatic heterocycles. The summed E-state index contributed by atoms with van der Waals surface area (Å²) < 4.78 is 0. The van der Waals surface area contributed by atoms with Gasteiger partial charge < -0.3 is 21.1 Å². The molecule has 1 saturated heterocycles. The van der Waals surface area contributed by atoms with Crippen molar-refractivity contribution >= 4 is 46.3 Å². The van der Waals surface area contributed by atoms with Crippen LogP contribution in [0.25, 0.3) is 11.3 Å². The van der Waals surface area contributed by atoms with Crippen molar-refractivity contribution in [3.05, 3.63) is 95.1 Å². The Bertz CT molecular complexity index is 1570. The van der Waals surface area contributed by atoms with E-state index in [1.54, 1.807) is 37.4 Å². The Hall–Kier alpha value is -5.04. The number of carbonyl (C=O) groups excluding carboxylic acids is 3. The van der Waals surface area contributed by atoms with E-state index in [0.29, 0.717) is 53.5 Å². The van der Waals surface area contributed by atoms with Gasteiger partial charge in [0.2, 0.25) is 5.91 Å². The SMILES string of the molecule is CNC(=O)CN1CCN(CCONC(=O)c2ccc(N/C(=C3/C(=O)Nc4cc(C(=O)O)ccc43)c3ccccc3)cc2)CC1. The minimum Gasteiger partial charge on any atom is -0.478 e. The van der Waals surface area contributed by atoms with Gasteiger partial charge in [-0.05, 0) is 42.0 Å². The number of anilines is 2. The van der Waals surface area contributed by atoms with Crippen LogP contribution in [0.3, 0.4) is 0 Å². The van der Waals surface area contributed by atoms with Crippen LogP contribution in [0.4, 0.5) is 11.4 Å². The van der Waals surface area contributed by atoms with Gasteiger partial charge in [0.25, 0.3) is 11.8 Å². The number of hydroxylamine groups is 1. The molecule has 0 spiro atoms. The summed E-state index contributed by atoms with van der Waals surface area (Å²) in [6.07, 6.45) is 0. The van der Waals surface area contributed by atoms with E-state index in [4.69, 9.17) is 4.84 Å². The highest BCUT2D eigenvalue weighted by Crippen LogP contribution is 2.38. The van der Waals surface area contributed by atoms with Gasteiger partial charge in [-0.25, -0.2) is 10.3 Å². The van der Waals surface area contributed by atoms with Crippen LogP contribution in [-0.4, -0.2) is 91.5 Å². The topological polar surface area (TPSA) is 152 Å². The molecule has 3 aromatic rings. The molecule has 0 unspecified atom stereocenters. The molecule has 228 valence electrons. The summed E-state index contributed by atoms with van der Waals surface area (Å²) >= 11 is 0. The van der Waals surface area contributed by atoms with Crippen molar-refractivity contribution in [1.29, 1.82) is 0 Å². The molecule has 0 radical (unpaired) electrons. The first-order valence-electron chi connectivity index (χ1n) is 14.3. The summed E-state index contributed by atoms with van der Waals surface area (Å²) in [6, 6.07) is 20.6. The highest BCUT2D eigenvalue weighted by atomic mass is 16.7. The van der Waals surface area contributed by atoms with E-state index >= 15 is 0 Å². The number of likely N-dealkylation sites (N-methyl/N-ethyl adjacent to an activating group) is 1. The van der Waals surface area contributed by atoms with Gasteiger partial charge in [-0.1, -0.05) is 36.4 Å². The van der Waals surface area contributed by atoms with Gasteiger partial charge in [0.05, 0.1) is 35.7 Å². The zero-order valence-corrected chi connectivity index (χ0v) is 24.3. The number of piperazine rings is 1. The second-order valence-corrected chi connectivity index (χ2v) is 10.4. The second-order valence-electron chi connectivity index (χ2n) is 10.4. The zero-order valence-electron chi connectivity index (χ0n) is 24.3. The highest BCUT2D eigenvalue weighted by Gasteiger charge is 2.29. The molecule has 2 aliphatic heterocycles. The van der Waals surface area contributed by atoms with Crippen LogP contribution in [-0.2, 0) is 14.4 Å². The fraction of sp³-hybridized carbons (Fsp3) is 0.250. The first kappa shape index (κ1) is 30.4. The lowest BCUT2D eigenvalue weighted by atomic mass is 9.99. The second kappa shape index (κ2) is 14.0. The summed E-state index contributed by atoms with van der Waals surface area (Å²) in [4.78, 5) is 58.5. The normalized spacial score (nSPS) is 16.1. The fourth-order valence-electron chi connectivity index (χ4n) is 5.09. The standard InChI is InChI=1S/C32H34N6O6/c1-33-27(39)20-38-15-13-37(14-16-38)17-18-44-36-30(40)22-7-10-24(11-8-22)34-29(21-5-3-2-4-6-21)28-25-12-9-23(32(42)43)19-26(25)35-31(28)41/h2-12,19,34H,13-18,20H2,1H3,(H,33,39)(H,35,41)(H,36,40)(H,42,43)/b29-28+. The van der Waals surface area contributed by atoms with Crippen molar-refractivity contribution < 1.29 is 29.1 Å². The minimum absolute atomic E-state index is 0.00609. The average Bonchev–Trinajstić information content (AvgIpc) is 3.37. The maximum Gasteiger partial charge on any atom is 0.335 e. The van der Waals surface area contributed by atoms with Gasteiger partial charge >= 0.3 is 5.97 Å². The molecule has 0 aliphatic carbocycles. The van der Waals surface area contributed by atoms with Crippen LogP contribution < -0.4 is 21.4 Å². The number of nitrogens with zero attached hydrogens (tertiary/aromatic N) is 2. The number of rotatable bonds is 11. The van der Waals surface area contributed by atoms with E-state index in [2.05, 4.69) is 31.2 Å². The average molecular weight is 599 g/mol. The number of aromatic carboxylic acids is 1. The molecule has 2 aliphatic rings. The van der Waals surface area contributed by atoms with Crippen LogP contribution in [0, 0.1) is 0 Å². The largest absolute Gasteiger partial charge is 0.478 e. The molecule has 44 heavy (non-hydrogen) atoms. The third kappa shape index (κ3) is 7.29. The first-order valence-corrected chi connectivity index (χ1v) is 14.3. The van der Waals surface area contributed by atoms with Gasteiger partial charge in [0.1, 0.15) is 0 Å². The van der Waals surface area contributed by atoms with Gasteiger partial charge in [-0.2, -0.15) is 0 Å². The van der Waals surface area contributed by atoms with Crippen molar-refractivity contribution in [2.24, 2.45) is 0 Å². The lowest BCUT2D eigenvalue weighted by molar-refractivity contribution is -0.122. The van der Waals surface area contributed by atoms with E-state index in [1.807, 2.05) is 30.3 Å². The van der Waals surface area contributed by atoms with E-state index in [9.17, 15) is 24.3 Å². The summed E-state index contributed by atoms with van der Waals surface area (Å²) in [7, 11) is 1.63. The number of carbonyl (C=O) groups is 4. The third-order valence-corrected chi connectivity index (χ3v) is 7.53. The molecule has 5 rings (SSSR count). The number of hydrogen-bond acceptors (Lipinski definition) is 8. The number of fused-ring (bicyclic) bond motifs is 1. The Balaban J connectivity index is 1.20. The van der Waals surface area contributed by atoms with Gasteiger partial charge in [-0.15, -0.1) is 0 Å². The molecule has 3 aromatic carbocycles. The van der Waals surface area contributed by atoms with E-state index in [1.165, 1.54) is 12.1 Å². The minimum atomic E-state index is -1.08. The van der Waals surface area contributed by atoms with Gasteiger partial charge in [0.15, 0.2) is 0 Å². The third-order valence-electron chi connectivity index (χ3n) is 7.53. The molecule has 0 bridgehead atoms. The maximum absolute atomic E-state index is 13.1. The lowest BCUT2D eigenvalue weighted by Gasteiger charge is -2.33. The van der Waals surface area contributed by atoms with Crippen LogP contribution in [0.5, 0.6) is 0 Å². The highest BCUT2D eigenvalue weighted by molar-refractivity contribution is 6.37. The molecule has 5 N–H and O–H groups in total. The molecule has 2 heterocycles. The molecule has 12 heteroatoms. The Labute approximate surface area is 254 Å². The van der Waals surface area contributed by atoms with Crippen molar-refractivity contribution in [1.82, 2.24) is 20.6 Å². The van der Waals surface area contributed by atoms with E-state index < -0.39 is 5.97 Å². The number of amides is 3. The number of carboxylic acid groups (broad SMARTS) is 1. The Morgan fingerprint density at radius 1 is 0.886 bits per heavy atom. The number of hydrogen-bond donors (Lipinski definition) is 5. The van der Waals surface area contributed by atoms with Crippen LogP contribution in [0.2, 0.25) is 0 Å². The summed E-state index contributed by atoms with van der Waals surface area (Å²) in [5, 5.41) is 18.1. The predicted octanol–water partition coefficient (Wildman–Crippen LogP) is 2.34. The summed E-state index contributed by atoms with van der Waals surface area (Å²) in [5.74, 6) is -1.81.